The number of nitrogens with one attached hydrogen (secondary N) is 2. The number of nitrogens with zero attached hydrogens (tertiary/aromatic N) is 1. The average Bonchev–Trinajstić information content (AvgIpc) is 3.28. The van der Waals surface area contributed by atoms with Crippen LogP contribution in [0.15, 0.2) is 34.1 Å². The van der Waals surface area contributed by atoms with Gasteiger partial charge in [-0.3, -0.25) is 5.32 Å². The number of carbonyl (C=O) groups is 1. The maximum atomic E-state index is 12.2. The highest BCUT2D eigenvalue weighted by Gasteiger charge is 2.17. The number of ether oxygens (including phenoxy) is 1. The standard InChI is InChI=1S/C19H21N3O3S/c1-24-15-9-5-6-12-10-16(25-17(12)15)14-11-26-19(21-14)22-18(23)20-13-7-3-2-4-8-13/h5-6,9-11,13H,2-4,7-8H2,1H3,(H2,20,21,22,23). The van der Waals surface area contributed by atoms with E-state index in [0.717, 1.165) is 18.2 Å². The number of urea groups is 1. The number of carbonyl (C=O) groups excluding carboxylic acids is 1. The predicted molar refractivity (Wildman–Crippen MR) is 103 cm³/mol. The van der Waals surface area contributed by atoms with Crippen molar-refractivity contribution in [3.63, 3.8) is 0 Å². The van der Waals surface area contributed by atoms with Crippen molar-refractivity contribution in [3.8, 4) is 17.2 Å². The number of hydrogen-bond acceptors (Lipinski definition) is 5. The topological polar surface area (TPSA) is 76.4 Å². The Morgan fingerprint density at radius 2 is 2.15 bits per heavy atom. The summed E-state index contributed by atoms with van der Waals surface area (Å²) >= 11 is 1.38. The lowest BCUT2D eigenvalue weighted by Crippen LogP contribution is -2.38. The lowest BCUT2D eigenvalue weighted by molar-refractivity contribution is 0.244. The summed E-state index contributed by atoms with van der Waals surface area (Å²) in [4.78, 5) is 16.6. The molecular weight excluding hydrogens is 350 g/mol. The monoisotopic (exact) mass is 371 g/mol. The Kier molecular flexibility index (Phi) is 4.79. The van der Waals surface area contributed by atoms with Gasteiger partial charge in [0.05, 0.1) is 7.11 Å². The Labute approximate surface area is 155 Å². The molecule has 0 radical (unpaired) electrons. The molecular formula is C19H21N3O3S. The van der Waals surface area contributed by atoms with E-state index in [-0.39, 0.29) is 12.1 Å². The molecule has 6 nitrogen and oxygen atoms in total. The molecule has 0 bridgehead atoms. The SMILES string of the molecule is COc1cccc2cc(-c3csc(NC(=O)NC4CCCCC4)n3)oc12. The number of para-hydroxylation sites is 1. The second-order valence-electron chi connectivity index (χ2n) is 6.46. The molecule has 2 aromatic heterocycles. The van der Waals surface area contributed by atoms with Crippen molar-refractivity contribution < 1.29 is 13.9 Å². The fraction of sp³-hybridized carbons (Fsp3) is 0.368. The molecule has 0 spiro atoms. The van der Waals surface area contributed by atoms with Crippen molar-refractivity contribution in [1.29, 1.82) is 0 Å². The molecule has 0 aliphatic heterocycles. The minimum absolute atomic E-state index is 0.191. The van der Waals surface area contributed by atoms with Crippen LogP contribution in [0.3, 0.4) is 0 Å². The van der Waals surface area contributed by atoms with Gasteiger partial charge in [-0.2, -0.15) is 0 Å². The molecule has 1 aliphatic carbocycles. The Morgan fingerprint density at radius 1 is 1.31 bits per heavy atom. The highest BCUT2D eigenvalue weighted by Crippen LogP contribution is 2.34. The van der Waals surface area contributed by atoms with Gasteiger partial charge < -0.3 is 14.5 Å². The van der Waals surface area contributed by atoms with Gasteiger partial charge >= 0.3 is 6.03 Å². The fourth-order valence-electron chi connectivity index (χ4n) is 3.33. The first-order valence-corrected chi connectivity index (χ1v) is 9.71. The molecule has 1 aromatic carbocycles. The summed E-state index contributed by atoms with van der Waals surface area (Å²) < 4.78 is 11.2. The first kappa shape index (κ1) is 16.9. The lowest BCUT2D eigenvalue weighted by Gasteiger charge is -2.22. The summed E-state index contributed by atoms with van der Waals surface area (Å²) in [5.41, 5.74) is 1.39. The number of methoxy groups -OCH3 is 1. The number of rotatable bonds is 4. The number of anilines is 1. The average molecular weight is 371 g/mol. The summed E-state index contributed by atoms with van der Waals surface area (Å²) in [6.45, 7) is 0. The number of hydrogen-bond donors (Lipinski definition) is 2. The van der Waals surface area contributed by atoms with Crippen molar-refractivity contribution in [2.24, 2.45) is 0 Å². The molecule has 2 N–H and O–H groups in total. The van der Waals surface area contributed by atoms with Crippen molar-refractivity contribution in [3.05, 3.63) is 29.6 Å². The van der Waals surface area contributed by atoms with Crippen LogP contribution in [-0.2, 0) is 0 Å². The van der Waals surface area contributed by atoms with Crippen LogP contribution in [0.1, 0.15) is 32.1 Å². The number of furan rings is 1. The van der Waals surface area contributed by atoms with Crippen molar-refractivity contribution in [1.82, 2.24) is 10.3 Å². The van der Waals surface area contributed by atoms with E-state index in [0.29, 0.717) is 27.9 Å². The highest BCUT2D eigenvalue weighted by molar-refractivity contribution is 7.14. The molecule has 3 aromatic rings. The Morgan fingerprint density at radius 3 is 2.96 bits per heavy atom. The van der Waals surface area contributed by atoms with Crippen LogP contribution in [0.25, 0.3) is 22.4 Å². The zero-order valence-corrected chi connectivity index (χ0v) is 15.4. The largest absolute Gasteiger partial charge is 0.493 e. The molecule has 1 aliphatic rings. The summed E-state index contributed by atoms with van der Waals surface area (Å²) in [5, 5.41) is 9.24. The zero-order valence-electron chi connectivity index (χ0n) is 14.6. The van der Waals surface area contributed by atoms with Gasteiger partial charge in [-0.05, 0) is 25.0 Å². The maximum Gasteiger partial charge on any atom is 0.321 e. The first-order valence-electron chi connectivity index (χ1n) is 8.83. The third kappa shape index (κ3) is 3.53. The highest BCUT2D eigenvalue weighted by atomic mass is 32.1. The van der Waals surface area contributed by atoms with Gasteiger partial charge in [-0.15, -0.1) is 11.3 Å². The normalized spacial score (nSPS) is 15.1. The predicted octanol–water partition coefficient (Wildman–Crippen LogP) is 5.02. The molecule has 2 heterocycles. The second kappa shape index (κ2) is 7.37. The van der Waals surface area contributed by atoms with E-state index in [4.69, 9.17) is 9.15 Å². The second-order valence-corrected chi connectivity index (χ2v) is 7.32. The molecule has 26 heavy (non-hydrogen) atoms. The van der Waals surface area contributed by atoms with Crippen molar-refractivity contribution >= 4 is 33.5 Å². The van der Waals surface area contributed by atoms with Crippen LogP contribution in [-0.4, -0.2) is 24.2 Å². The molecule has 1 fully saturated rings. The van der Waals surface area contributed by atoms with Gasteiger partial charge in [0.1, 0.15) is 5.69 Å². The summed E-state index contributed by atoms with van der Waals surface area (Å²) in [7, 11) is 1.62. The van der Waals surface area contributed by atoms with Crippen molar-refractivity contribution in [2.45, 2.75) is 38.1 Å². The quantitative estimate of drug-likeness (QED) is 0.675. The Balaban J connectivity index is 1.46. The third-order valence-electron chi connectivity index (χ3n) is 4.65. The Hall–Kier alpha value is -2.54. The van der Waals surface area contributed by atoms with Crippen LogP contribution >= 0.6 is 11.3 Å². The smallest absolute Gasteiger partial charge is 0.321 e. The summed E-state index contributed by atoms with van der Waals surface area (Å²) in [6, 6.07) is 7.76. The van der Waals surface area contributed by atoms with Crippen LogP contribution in [0.5, 0.6) is 5.75 Å². The minimum Gasteiger partial charge on any atom is -0.493 e. The van der Waals surface area contributed by atoms with Crippen LogP contribution in [0.4, 0.5) is 9.93 Å². The third-order valence-corrected chi connectivity index (χ3v) is 5.40. The number of benzene rings is 1. The van der Waals surface area contributed by atoms with E-state index in [2.05, 4.69) is 15.6 Å². The van der Waals surface area contributed by atoms with Gasteiger partial charge in [-0.1, -0.05) is 31.4 Å². The molecule has 0 unspecified atom stereocenters. The fourth-order valence-corrected chi connectivity index (χ4v) is 4.03. The van der Waals surface area contributed by atoms with E-state index in [1.165, 1.54) is 30.6 Å². The van der Waals surface area contributed by atoms with Crippen molar-refractivity contribution in [2.75, 3.05) is 12.4 Å². The zero-order chi connectivity index (χ0) is 17.9. The van der Waals surface area contributed by atoms with Crippen LogP contribution in [0.2, 0.25) is 0 Å². The number of aromatic nitrogens is 1. The summed E-state index contributed by atoms with van der Waals surface area (Å²) in [5.74, 6) is 1.34. The summed E-state index contributed by atoms with van der Waals surface area (Å²) in [6.07, 6.45) is 5.73. The molecule has 2 amide bonds. The minimum atomic E-state index is -0.191. The molecule has 4 rings (SSSR count). The molecule has 136 valence electrons. The molecule has 0 atom stereocenters. The molecule has 7 heteroatoms. The number of thiazole rings is 1. The number of amides is 2. The maximum absolute atomic E-state index is 12.2. The molecule has 1 saturated carbocycles. The van der Waals surface area contributed by atoms with Gasteiger partial charge in [0.15, 0.2) is 22.2 Å². The van der Waals surface area contributed by atoms with E-state index < -0.39 is 0 Å². The molecule has 0 saturated heterocycles. The Bertz CT molecular complexity index is 912. The lowest BCUT2D eigenvalue weighted by atomic mass is 9.96. The number of fused-ring (bicyclic) bond motifs is 1. The van der Waals surface area contributed by atoms with E-state index in [1.54, 1.807) is 7.11 Å². The van der Waals surface area contributed by atoms with E-state index in [9.17, 15) is 4.79 Å². The van der Waals surface area contributed by atoms with Gasteiger partial charge in [0.2, 0.25) is 0 Å². The van der Waals surface area contributed by atoms with Crippen LogP contribution < -0.4 is 15.4 Å². The van der Waals surface area contributed by atoms with Gasteiger partial charge in [-0.25, -0.2) is 9.78 Å². The van der Waals surface area contributed by atoms with E-state index in [1.807, 2.05) is 29.6 Å². The van der Waals surface area contributed by atoms with Crippen LogP contribution in [0, 0.1) is 0 Å². The van der Waals surface area contributed by atoms with E-state index >= 15 is 0 Å². The van der Waals surface area contributed by atoms with Gasteiger partial charge in [0, 0.05) is 16.8 Å². The van der Waals surface area contributed by atoms with Gasteiger partial charge in [0.25, 0.3) is 0 Å². The first-order chi connectivity index (χ1) is 12.7.